The number of aromatic amines is 1. The third-order valence-corrected chi connectivity index (χ3v) is 3.55. The first-order chi connectivity index (χ1) is 10.0. The van der Waals surface area contributed by atoms with Crippen LogP contribution < -0.4 is 5.56 Å². The zero-order valence-electron chi connectivity index (χ0n) is 10.8. The van der Waals surface area contributed by atoms with Gasteiger partial charge in [0.05, 0.1) is 22.7 Å². The molecule has 0 saturated heterocycles. The van der Waals surface area contributed by atoms with Crippen LogP contribution in [-0.2, 0) is 10.8 Å². The van der Waals surface area contributed by atoms with Crippen LogP contribution in [0.4, 0.5) is 4.39 Å². The van der Waals surface area contributed by atoms with E-state index >= 15 is 0 Å². The van der Waals surface area contributed by atoms with Gasteiger partial charge < -0.3 is 0 Å². The molecule has 6 nitrogen and oxygen atoms in total. The smallest absolute Gasteiger partial charge is 0.279 e. The number of hydrogen-bond acceptors (Lipinski definition) is 5. The van der Waals surface area contributed by atoms with Crippen molar-refractivity contribution in [2.75, 3.05) is 6.26 Å². The zero-order chi connectivity index (χ0) is 15.0. The Labute approximate surface area is 120 Å². The Balaban J connectivity index is 2.19. The van der Waals surface area contributed by atoms with Crippen molar-refractivity contribution in [2.24, 2.45) is 0 Å². The van der Waals surface area contributed by atoms with E-state index in [1.165, 1.54) is 24.6 Å². The summed E-state index contributed by atoms with van der Waals surface area (Å²) in [6, 6.07) is 5.69. The van der Waals surface area contributed by atoms with E-state index in [0.29, 0.717) is 11.3 Å². The molecular formula is C13H9FN4O2S. The number of halogens is 1. The number of benzene rings is 1. The number of H-pyrrole nitrogens is 1. The van der Waals surface area contributed by atoms with Crippen molar-refractivity contribution in [3.8, 4) is 11.3 Å². The molecule has 0 bridgehead atoms. The van der Waals surface area contributed by atoms with Crippen LogP contribution in [0.2, 0.25) is 0 Å². The van der Waals surface area contributed by atoms with Gasteiger partial charge in [0, 0.05) is 11.8 Å². The van der Waals surface area contributed by atoms with Crippen LogP contribution in [0, 0.1) is 5.82 Å². The molecule has 1 N–H and O–H groups in total. The van der Waals surface area contributed by atoms with E-state index < -0.39 is 16.4 Å². The van der Waals surface area contributed by atoms with Crippen LogP contribution in [0.25, 0.3) is 22.4 Å². The third-order valence-electron chi connectivity index (χ3n) is 2.81. The van der Waals surface area contributed by atoms with Crippen LogP contribution in [0.5, 0.6) is 0 Å². The van der Waals surface area contributed by atoms with E-state index in [1.807, 2.05) is 0 Å². The predicted octanol–water partition coefficient (Wildman–Crippen LogP) is 1.26. The second-order valence-electron chi connectivity index (χ2n) is 4.26. The average Bonchev–Trinajstić information content (AvgIpc) is 2.47. The molecule has 3 rings (SSSR count). The summed E-state index contributed by atoms with van der Waals surface area (Å²) in [6.45, 7) is 0. The monoisotopic (exact) mass is 304 g/mol. The van der Waals surface area contributed by atoms with Crippen molar-refractivity contribution >= 4 is 22.0 Å². The zero-order valence-corrected chi connectivity index (χ0v) is 11.6. The highest BCUT2D eigenvalue weighted by Crippen LogP contribution is 2.17. The van der Waals surface area contributed by atoms with Crippen molar-refractivity contribution < 1.29 is 8.60 Å². The van der Waals surface area contributed by atoms with Crippen LogP contribution in [0.1, 0.15) is 0 Å². The Morgan fingerprint density at radius 1 is 1.19 bits per heavy atom. The van der Waals surface area contributed by atoms with Gasteiger partial charge >= 0.3 is 0 Å². The van der Waals surface area contributed by atoms with Crippen molar-refractivity contribution in [1.29, 1.82) is 0 Å². The summed E-state index contributed by atoms with van der Waals surface area (Å²) in [5.41, 5.74) is 0.719. The SMILES string of the molecule is CS(=O)c1nc2ncc(-c3ccc(F)cc3)nc2c(=O)[nH]1. The molecule has 0 spiro atoms. The molecule has 0 aliphatic rings. The van der Waals surface area contributed by atoms with Gasteiger partial charge in [-0.05, 0) is 24.3 Å². The lowest BCUT2D eigenvalue weighted by Crippen LogP contribution is -2.14. The Bertz CT molecular complexity index is 908. The van der Waals surface area contributed by atoms with Gasteiger partial charge in [-0.25, -0.2) is 14.4 Å². The Hall–Kier alpha value is -2.48. The highest BCUT2D eigenvalue weighted by atomic mass is 32.2. The fourth-order valence-electron chi connectivity index (χ4n) is 1.79. The molecule has 1 atom stereocenters. The lowest BCUT2D eigenvalue weighted by molar-refractivity contribution is 0.628. The fraction of sp³-hybridized carbons (Fsp3) is 0.0769. The molecule has 0 fully saturated rings. The minimum atomic E-state index is -1.42. The minimum absolute atomic E-state index is 0.0472. The summed E-state index contributed by atoms with van der Waals surface area (Å²) < 4.78 is 24.3. The van der Waals surface area contributed by atoms with Crippen LogP contribution in [0.3, 0.4) is 0 Å². The van der Waals surface area contributed by atoms with E-state index in [-0.39, 0.29) is 22.1 Å². The van der Waals surface area contributed by atoms with Gasteiger partial charge in [0.25, 0.3) is 5.56 Å². The molecule has 0 radical (unpaired) electrons. The topological polar surface area (TPSA) is 88.6 Å². The Kier molecular flexibility index (Phi) is 3.30. The van der Waals surface area contributed by atoms with Gasteiger partial charge in [-0.2, -0.15) is 4.98 Å². The van der Waals surface area contributed by atoms with Gasteiger partial charge in [0.1, 0.15) is 5.82 Å². The molecule has 3 aromatic rings. The van der Waals surface area contributed by atoms with E-state index in [0.717, 1.165) is 0 Å². The normalized spacial score (nSPS) is 12.5. The van der Waals surface area contributed by atoms with E-state index in [9.17, 15) is 13.4 Å². The van der Waals surface area contributed by atoms with Gasteiger partial charge in [0.2, 0.25) is 5.16 Å². The summed E-state index contributed by atoms with van der Waals surface area (Å²) in [7, 11) is -1.42. The second kappa shape index (κ2) is 5.13. The number of aromatic nitrogens is 4. The maximum Gasteiger partial charge on any atom is 0.279 e. The lowest BCUT2D eigenvalue weighted by Gasteiger charge is -2.03. The van der Waals surface area contributed by atoms with E-state index in [2.05, 4.69) is 19.9 Å². The molecule has 1 aromatic carbocycles. The molecule has 1 unspecified atom stereocenters. The molecule has 0 aliphatic heterocycles. The first-order valence-corrected chi connectivity index (χ1v) is 7.47. The molecule has 8 heteroatoms. The maximum atomic E-state index is 12.9. The summed E-state index contributed by atoms with van der Waals surface area (Å²) in [5, 5.41) is 0.0522. The third kappa shape index (κ3) is 2.57. The number of nitrogens with one attached hydrogen (secondary N) is 1. The molecule has 2 aromatic heterocycles. The average molecular weight is 304 g/mol. The highest BCUT2D eigenvalue weighted by Gasteiger charge is 2.10. The van der Waals surface area contributed by atoms with Gasteiger partial charge in [-0.15, -0.1) is 0 Å². The summed E-state index contributed by atoms with van der Waals surface area (Å²) in [5.74, 6) is -0.359. The summed E-state index contributed by atoms with van der Waals surface area (Å²) >= 11 is 0. The molecule has 106 valence electrons. The van der Waals surface area contributed by atoms with Crippen molar-refractivity contribution in [1.82, 2.24) is 19.9 Å². The number of nitrogens with zero attached hydrogens (tertiary/aromatic N) is 3. The Morgan fingerprint density at radius 2 is 1.90 bits per heavy atom. The Morgan fingerprint density at radius 3 is 2.57 bits per heavy atom. The first-order valence-electron chi connectivity index (χ1n) is 5.91. The molecule has 2 heterocycles. The van der Waals surface area contributed by atoms with E-state index in [4.69, 9.17) is 0 Å². The molecule has 0 amide bonds. The fourth-order valence-corrected chi connectivity index (χ4v) is 2.24. The molecular weight excluding hydrogens is 295 g/mol. The lowest BCUT2D eigenvalue weighted by atomic mass is 10.1. The molecule has 0 saturated carbocycles. The summed E-state index contributed by atoms with van der Waals surface area (Å²) in [6.07, 6.45) is 2.84. The summed E-state index contributed by atoms with van der Waals surface area (Å²) in [4.78, 5) is 26.6. The van der Waals surface area contributed by atoms with Crippen LogP contribution >= 0.6 is 0 Å². The highest BCUT2D eigenvalue weighted by molar-refractivity contribution is 7.84. The number of fused-ring (bicyclic) bond motifs is 1. The number of rotatable bonds is 2. The molecule has 0 aliphatic carbocycles. The van der Waals surface area contributed by atoms with Crippen LogP contribution in [0.15, 0.2) is 40.4 Å². The van der Waals surface area contributed by atoms with Crippen molar-refractivity contribution in [2.45, 2.75) is 5.16 Å². The van der Waals surface area contributed by atoms with Gasteiger partial charge in [-0.1, -0.05) is 0 Å². The van der Waals surface area contributed by atoms with Gasteiger partial charge in [-0.3, -0.25) is 14.0 Å². The second-order valence-corrected chi connectivity index (χ2v) is 5.55. The van der Waals surface area contributed by atoms with Crippen molar-refractivity contribution in [3.05, 3.63) is 46.6 Å². The molecule has 21 heavy (non-hydrogen) atoms. The first kappa shape index (κ1) is 13.5. The quantitative estimate of drug-likeness (QED) is 0.720. The minimum Gasteiger partial charge on any atom is -0.297 e. The number of hydrogen-bond donors (Lipinski definition) is 1. The standard InChI is InChI=1S/C13H9FN4O2S/c1-21(20)13-17-11-10(12(19)18-13)16-9(6-15-11)7-2-4-8(14)5-3-7/h2-6H,1H3,(H,15,17,18,19). The van der Waals surface area contributed by atoms with E-state index in [1.54, 1.807) is 12.1 Å². The van der Waals surface area contributed by atoms with Crippen molar-refractivity contribution in [3.63, 3.8) is 0 Å². The maximum absolute atomic E-state index is 12.9. The largest absolute Gasteiger partial charge is 0.297 e. The van der Waals surface area contributed by atoms with Gasteiger partial charge in [0.15, 0.2) is 11.2 Å². The van der Waals surface area contributed by atoms with Crippen LogP contribution in [-0.4, -0.2) is 30.4 Å². The predicted molar refractivity (Wildman–Crippen MR) is 75.7 cm³/mol.